The minimum atomic E-state index is -3.77. The average Bonchev–Trinajstić information content (AvgIpc) is 2.69. The number of nitrogens with zero attached hydrogens (tertiary/aromatic N) is 1. The van der Waals surface area contributed by atoms with Crippen LogP contribution in [-0.2, 0) is 16.6 Å². The van der Waals surface area contributed by atoms with Gasteiger partial charge in [-0.05, 0) is 17.9 Å². The van der Waals surface area contributed by atoms with Gasteiger partial charge in [0, 0.05) is 5.56 Å². The topological polar surface area (TPSA) is 93.3 Å². The van der Waals surface area contributed by atoms with Crippen LogP contribution in [0, 0.1) is 0 Å². The molecule has 1 aromatic heterocycles. The second-order valence-corrected chi connectivity index (χ2v) is 7.65. The number of aliphatic hydroxyl groups is 1. The summed E-state index contributed by atoms with van der Waals surface area (Å²) in [6.07, 6.45) is 0. The van der Waals surface area contributed by atoms with Crippen molar-refractivity contribution in [3.8, 4) is 0 Å². The van der Waals surface area contributed by atoms with Gasteiger partial charge in [-0.25, -0.2) is 18.5 Å². The van der Waals surface area contributed by atoms with Crippen molar-refractivity contribution in [2.75, 3.05) is 5.75 Å². The van der Waals surface area contributed by atoms with E-state index in [1.165, 1.54) is 23.5 Å². The first-order valence-electron chi connectivity index (χ1n) is 5.15. The molecule has 1 aromatic carbocycles. The maximum Gasteiger partial charge on any atom is 0.238 e. The lowest BCUT2D eigenvalue weighted by molar-refractivity contribution is 0.283. The van der Waals surface area contributed by atoms with Crippen LogP contribution in [0.4, 0.5) is 0 Å². The van der Waals surface area contributed by atoms with Gasteiger partial charge in [-0.1, -0.05) is 18.7 Å². The zero-order chi connectivity index (χ0) is 13.3. The van der Waals surface area contributed by atoms with Gasteiger partial charge < -0.3 is 5.11 Å². The smallest absolute Gasteiger partial charge is 0.238 e. The molecule has 98 valence electrons. The van der Waals surface area contributed by atoms with E-state index in [-0.39, 0.29) is 11.5 Å². The van der Waals surface area contributed by atoms with Crippen LogP contribution in [0.1, 0.15) is 12.5 Å². The Labute approximate surface area is 113 Å². The SMILES string of the molecule is CCSc1nc2c(CO)cc(S(N)(=O)=O)cc2s1. The van der Waals surface area contributed by atoms with Gasteiger partial charge in [0.05, 0.1) is 21.7 Å². The summed E-state index contributed by atoms with van der Waals surface area (Å²) < 4.78 is 24.3. The second kappa shape index (κ2) is 5.14. The Bertz CT molecular complexity index is 679. The summed E-state index contributed by atoms with van der Waals surface area (Å²) in [6.45, 7) is 1.75. The number of fused-ring (bicyclic) bond motifs is 1. The van der Waals surface area contributed by atoms with Gasteiger partial charge in [0.2, 0.25) is 10.0 Å². The molecule has 0 saturated heterocycles. The third-order valence-electron chi connectivity index (χ3n) is 2.29. The zero-order valence-corrected chi connectivity index (χ0v) is 12.0. The Balaban J connectivity index is 2.68. The Kier molecular flexibility index (Phi) is 3.93. The molecule has 0 spiro atoms. The largest absolute Gasteiger partial charge is 0.392 e. The molecule has 0 unspecified atom stereocenters. The molecule has 0 aliphatic heterocycles. The molecule has 5 nitrogen and oxygen atoms in total. The van der Waals surface area contributed by atoms with Gasteiger partial charge in [-0.3, -0.25) is 0 Å². The van der Waals surface area contributed by atoms with Crippen molar-refractivity contribution in [2.24, 2.45) is 5.14 Å². The van der Waals surface area contributed by atoms with Crippen molar-refractivity contribution in [3.63, 3.8) is 0 Å². The van der Waals surface area contributed by atoms with Crippen LogP contribution in [0.25, 0.3) is 10.2 Å². The predicted octanol–water partition coefficient (Wildman–Crippen LogP) is 1.55. The summed E-state index contributed by atoms with van der Waals surface area (Å²) in [5.74, 6) is 0.885. The van der Waals surface area contributed by atoms with Crippen LogP contribution in [0.3, 0.4) is 0 Å². The summed E-state index contributed by atoms with van der Waals surface area (Å²) >= 11 is 2.98. The molecule has 2 aromatic rings. The standard InChI is InChI=1S/C10H12N2O3S3/c1-2-16-10-12-9-6(5-13)3-7(18(11,14)15)4-8(9)17-10/h3-4,13H,2,5H2,1H3,(H2,11,14,15). The fourth-order valence-electron chi connectivity index (χ4n) is 1.52. The van der Waals surface area contributed by atoms with Crippen molar-refractivity contribution < 1.29 is 13.5 Å². The number of nitrogens with two attached hydrogens (primary N) is 1. The van der Waals surface area contributed by atoms with E-state index >= 15 is 0 Å². The summed E-state index contributed by atoms with van der Waals surface area (Å²) in [7, 11) is -3.77. The van der Waals surface area contributed by atoms with Gasteiger partial charge in [0.1, 0.15) is 0 Å². The molecule has 18 heavy (non-hydrogen) atoms. The summed E-state index contributed by atoms with van der Waals surface area (Å²) in [6, 6.07) is 2.87. The maximum absolute atomic E-state index is 11.4. The molecule has 0 aliphatic carbocycles. The van der Waals surface area contributed by atoms with E-state index in [0.29, 0.717) is 11.1 Å². The highest BCUT2D eigenvalue weighted by molar-refractivity contribution is 8.01. The number of aromatic nitrogens is 1. The third kappa shape index (κ3) is 2.67. The molecule has 8 heteroatoms. The molecule has 0 aliphatic rings. The first-order valence-corrected chi connectivity index (χ1v) is 8.50. The van der Waals surface area contributed by atoms with Gasteiger partial charge in [-0.2, -0.15) is 0 Å². The van der Waals surface area contributed by atoms with Crippen molar-refractivity contribution in [1.82, 2.24) is 4.98 Å². The Hall–Kier alpha value is -0.670. The van der Waals surface area contributed by atoms with E-state index in [9.17, 15) is 13.5 Å². The van der Waals surface area contributed by atoms with E-state index in [0.717, 1.165) is 14.8 Å². The van der Waals surface area contributed by atoms with Crippen LogP contribution < -0.4 is 5.14 Å². The molecular weight excluding hydrogens is 292 g/mol. The molecule has 3 N–H and O–H groups in total. The van der Waals surface area contributed by atoms with E-state index in [1.54, 1.807) is 11.8 Å². The van der Waals surface area contributed by atoms with Crippen LogP contribution in [0.15, 0.2) is 21.4 Å². The lowest BCUT2D eigenvalue weighted by Gasteiger charge is -2.02. The van der Waals surface area contributed by atoms with Gasteiger partial charge >= 0.3 is 0 Å². The first-order chi connectivity index (χ1) is 8.45. The predicted molar refractivity (Wildman–Crippen MR) is 73.3 cm³/mol. The number of thiazole rings is 1. The lowest BCUT2D eigenvalue weighted by atomic mass is 10.2. The molecule has 0 atom stereocenters. The van der Waals surface area contributed by atoms with Gasteiger partial charge in [0.25, 0.3) is 0 Å². The van der Waals surface area contributed by atoms with Crippen molar-refractivity contribution >= 4 is 43.3 Å². The summed E-state index contributed by atoms with van der Waals surface area (Å²) in [4.78, 5) is 4.39. The van der Waals surface area contributed by atoms with Gasteiger partial charge in [0.15, 0.2) is 4.34 Å². The fourth-order valence-corrected chi connectivity index (χ4v) is 4.23. The van der Waals surface area contributed by atoms with E-state index in [4.69, 9.17) is 5.14 Å². The normalized spacial score (nSPS) is 12.2. The van der Waals surface area contributed by atoms with Crippen LogP contribution in [-0.4, -0.2) is 24.3 Å². The van der Waals surface area contributed by atoms with Crippen LogP contribution in [0.2, 0.25) is 0 Å². The molecule has 0 fully saturated rings. The molecule has 0 radical (unpaired) electrons. The monoisotopic (exact) mass is 304 g/mol. The van der Waals surface area contributed by atoms with Crippen LogP contribution >= 0.6 is 23.1 Å². The molecular formula is C10H12N2O3S3. The van der Waals surface area contributed by atoms with Crippen molar-refractivity contribution in [2.45, 2.75) is 22.8 Å². The second-order valence-electron chi connectivity index (χ2n) is 3.55. The highest BCUT2D eigenvalue weighted by Crippen LogP contribution is 2.33. The Morgan fingerprint density at radius 2 is 2.22 bits per heavy atom. The molecule has 0 saturated carbocycles. The number of primary sulfonamides is 1. The van der Waals surface area contributed by atoms with Crippen molar-refractivity contribution in [1.29, 1.82) is 0 Å². The third-order valence-corrected chi connectivity index (χ3v) is 5.21. The van der Waals surface area contributed by atoms with E-state index in [1.807, 2.05) is 6.92 Å². The fraction of sp³-hybridized carbons (Fsp3) is 0.300. The number of hydrogen-bond acceptors (Lipinski definition) is 6. The van der Waals surface area contributed by atoms with Gasteiger partial charge in [-0.15, -0.1) is 11.3 Å². The number of hydrogen-bond donors (Lipinski definition) is 2. The molecule has 0 bridgehead atoms. The number of rotatable bonds is 4. The lowest BCUT2D eigenvalue weighted by Crippen LogP contribution is -2.12. The summed E-state index contributed by atoms with van der Waals surface area (Å²) in [5.41, 5.74) is 1.13. The number of aliphatic hydroxyl groups excluding tert-OH is 1. The molecule has 2 rings (SSSR count). The van der Waals surface area contributed by atoms with Crippen molar-refractivity contribution in [3.05, 3.63) is 17.7 Å². The number of sulfonamides is 1. The maximum atomic E-state index is 11.4. The van der Waals surface area contributed by atoms with Crippen LogP contribution in [0.5, 0.6) is 0 Å². The number of thioether (sulfide) groups is 1. The highest BCUT2D eigenvalue weighted by atomic mass is 32.2. The average molecular weight is 304 g/mol. The number of benzene rings is 1. The summed E-state index contributed by atoms with van der Waals surface area (Å²) in [5, 5.41) is 14.4. The van der Waals surface area contributed by atoms with E-state index < -0.39 is 10.0 Å². The van der Waals surface area contributed by atoms with E-state index in [2.05, 4.69) is 4.98 Å². The minimum Gasteiger partial charge on any atom is -0.392 e. The quantitative estimate of drug-likeness (QED) is 0.836. The Morgan fingerprint density at radius 3 is 2.78 bits per heavy atom. The molecule has 1 heterocycles. The Morgan fingerprint density at radius 1 is 1.50 bits per heavy atom. The minimum absolute atomic E-state index is 0.00995. The first kappa shape index (κ1) is 13.8. The molecule has 0 amide bonds. The zero-order valence-electron chi connectivity index (χ0n) is 9.58. The highest BCUT2D eigenvalue weighted by Gasteiger charge is 2.15.